The second-order valence-electron chi connectivity index (χ2n) is 7.81. The maximum Gasteiger partial charge on any atom is 0.274 e. The molecule has 0 bridgehead atoms. The van der Waals surface area contributed by atoms with Gasteiger partial charge < -0.3 is 10.1 Å². The first-order valence-electron chi connectivity index (χ1n) is 10.8. The van der Waals surface area contributed by atoms with Gasteiger partial charge in [0.15, 0.2) is 0 Å². The van der Waals surface area contributed by atoms with Crippen LogP contribution in [0.5, 0.6) is 5.88 Å². The van der Waals surface area contributed by atoms with Gasteiger partial charge in [0.05, 0.1) is 36.7 Å². The van der Waals surface area contributed by atoms with Gasteiger partial charge in [-0.1, -0.05) is 19.1 Å². The molecule has 0 aliphatic rings. The van der Waals surface area contributed by atoms with Gasteiger partial charge >= 0.3 is 0 Å². The highest BCUT2D eigenvalue weighted by Gasteiger charge is 2.18. The zero-order chi connectivity index (χ0) is 22.9. The molecule has 0 unspecified atom stereocenters. The molecule has 4 heterocycles. The van der Waals surface area contributed by atoms with E-state index in [1.54, 1.807) is 17.7 Å². The summed E-state index contributed by atoms with van der Waals surface area (Å²) in [5, 5.41) is 8.85. The SMILES string of the molecule is CCc1nn(Cc2ccc(C)nc2OC)c2cccc(NC(=O)c3cnc4ccccn34)c12.Cl.Cl. The fourth-order valence-corrected chi connectivity index (χ4v) is 4.09. The number of amides is 1. The fraction of sp³-hybridized carbons (Fsp3) is 0.200. The Morgan fingerprint density at radius 2 is 1.91 bits per heavy atom. The number of carbonyl (C=O) groups is 1. The molecule has 0 aliphatic carbocycles. The molecular weight excluding hydrogens is 487 g/mol. The molecule has 0 saturated carbocycles. The van der Waals surface area contributed by atoms with Crippen LogP contribution in [0.3, 0.4) is 0 Å². The Labute approximate surface area is 215 Å². The molecule has 1 N–H and O–H groups in total. The lowest BCUT2D eigenvalue weighted by atomic mass is 10.1. The number of aryl methyl sites for hydroxylation is 2. The van der Waals surface area contributed by atoms with Crippen LogP contribution >= 0.6 is 24.8 Å². The Kier molecular flexibility index (Phi) is 7.99. The Bertz CT molecular complexity index is 1490. The standard InChI is InChI=1S/C25H24N6O2.2ClH/c1-4-18-23-19(28-24(32)21-14-26-22-10-5-6-13-30(21)22)8-7-9-20(23)31(29-18)15-17-12-11-16(2)27-25(17)33-3;;/h5-14H,4,15H2,1-3H3,(H,28,32);2*1H. The van der Waals surface area contributed by atoms with E-state index in [2.05, 4.69) is 22.2 Å². The number of benzene rings is 1. The molecule has 182 valence electrons. The van der Waals surface area contributed by atoms with Crippen molar-refractivity contribution in [1.29, 1.82) is 0 Å². The zero-order valence-corrected chi connectivity index (χ0v) is 21.2. The largest absolute Gasteiger partial charge is 0.481 e. The lowest BCUT2D eigenvalue weighted by Gasteiger charge is -2.10. The second kappa shape index (κ2) is 10.8. The van der Waals surface area contributed by atoms with Gasteiger partial charge in [0.1, 0.15) is 11.3 Å². The first-order valence-corrected chi connectivity index (χ1v) is 10.8. The van der Waals surface area contributed by atoms with Crippen LogP contribution < -0.4 is 10.1 Å². The fourth-order valence-electron chi connectivity index (χ4n) is 4.09. The molecule has 5 rings (SSSR count). The summed E-state index contributed by atoms with van der Waals surface area (Å²) in [6.45, 7) is 4.50. The topological polar surface area (TPSA) is 86.3 Å². The Balaban J connectivity index is 0.00000171. The zero-order valence-electron chi connectivity index (χ0n) is 19.6. The quantitative estimate of drug-likeness (QED) is 0.341. The smallest absolute Gasteiger partial charge is 0.274 e. The molecule has 0 spiro atoms. The van der Waals surface area contributed by atoms with Gasteiger partial charge in [-0.3, -0.25) is 13.9 Å². The van der Waals surface area contributed by atoms with Gasteiger partial charge in [-0.15, -0.1) is 24.8 Å². The number of nitrogens with zero attached hydrogens (tertiary/aromatic N) is 5. The van der Waals surface area contributed by atoms with Crippen molar-refractivity contribution in [2.75, 3.05) is 12.4 Å². The maximum atomic E-state index is 13.1. The van der Waals surface area contributed by atoms with Gasteiger partial charge in [-0.2, -0.15) is 5.10 Å². The summed E-state index contributed by atoms with van der Waals surface area (Å²) in [6, 6.07) is 15.5. The van der Waals surface area contributed by atoms with E-state index in [0.29, 0.717) is 18.1 Å². The highest BCUT2D eigenvalue weighted by molar-refractivity contribution is 6.08. The number of hydrogen-bond donors (Lipinski definition) is 1. The van der Waals surface area contributed by atoms with E-state index >= 15 is 0 Å². The van der Waals surface area contributed by atoms with Crippen molar-refractivity contribution in [3.63, 3.8) is 0 Å². The van der Waals surface area contributed by atoms with Crippen molar-refractivity contribution < 1.29 is 9.53 Å². The monoisotopic (exact) mass is 512 g/mol. The van der Waals surface area contributed by atoms with Crippen LogP contribution in [-0.4, -0.2) is 37.2 Å². The van der Waals surface area contributed by atoms with E-state index in [0.717, 1.165) is 45.6 Å². The van der Waals surface area contributed by atoms with Crippen molar-refractivity contribution >= 4 is 53.0 Å². The average Bonchev–Trinajstić information content (AvgIpc) is 3.42. The number of carbonyl (C=O) groups excluding carboxylic acids is 1. The van der Waals surface area contributed by atoms with E-state index < -0.39 is 0 Å². The lowest BCUT2D eigenvalue weighted by molar-refractivity contribution is 0.102. The number of nitrogens with one attached hydrogen (secondary N) is 1. The summed E-state index contributed by atoms with van der Waals surface area (Å²) in [5.74, 6) is 0.370. The number of rotatable bonds is 6. The number of aromatic nitrogens is 5. The molecule has 8 nitrogen and oxygen atoms in total. The molecule has 1 amide bonds. The number of halogens is 2. The maximum absolute atomic E-state index is 13.1. The van der Waals surface area contributed by atoms with Crippen LogP contribution in [0.1, 0.15) is 34.4 Å². The van der Waals surface area contributed by atoms with Gasteiger partial charge in [0.25, 0.3) is 5.91 Å². The highest BCUT2D eigenvalue weighted by atomic mass is 35.5. The molecule has 0 saturated heterocycles. The summed E-state index contributed by atoms with van der Waals surface area (Å²) in [6.07, 6.45) is 4.15. The first kappa shape index (κ1) is 26.0. The van der Waals surface area contributed by atoms with Crippen LogP contribution in [0.25, 0.3) is 16.6 Å². The van der Waals surface area contributed by atoms with Crippen molar-refractivity contribution in [2.24, 2.45) is 0 Å². The molecule has 1 aromatic carbocycles. The predicted molar refractivity (Wildman–Crippen MR) is 141 cm³/mol. The van der Waals surface area contributed by atoms with Gasteiger partial charge in [0, 0.05) is 22.8 Å². The van der Waals surface area contributed by atoms with Crippen LogP contribution in [0, 0.1) is 6.92 Å². The molecule has 0 aliphatic heterocycles. The molecule has 0 fully saturated rings. The summed E-state index contributed by atoms with van der Waals surface area (Å²) in [5.41, 5.74) is 5.61. The molecule has 0 radical (unpaired) electrons. The van der Waals surface area contributed by atoms with E-state index in [4.69, 9.17) is 9.84 Å². The predicted octanol–water partition coefficient (Wildman–Crippen LogP) is 5.10. The van der Waals surface area contributed by atoms with Crippen LogP contribution in [0.4, 0.5) is 5.69 Å². The Morgan fingerprint density at radius 3 is 2.69 bits per heavy atom. The van der Waals surface area contributed by atoms with E-state index in [1.807, 2.05) is 66.3 Å². The average molecular weight is 513 g/mol. The van der Waals surface area contributed by atoms with Crippen LogP contribution in [-0.2, 0) is 13.0 Å². The summed E-state index contributed by atoms with van der Waals surface area (Å²) < 4.78 is 9.19. The molecule has 0 atom stereocenters. The Morgan fingerprint density at radius 1 is 1.09 bits per heavy atom. The summed E-state index contributed by atoms with van der Waals surface area (Å²) in [4.78, 5) is 21.9. The van der Waals surface area contributed by atoms with Gasteiger partial charge in [0.2, 0.25) is 5.88 Å². The van der Waals surface area contributed by atoms with Gasteiger partial charge in [-0.05, 0) is 49.7 Å². The highest BCUT2D eigenvalue weighted by Crippen LogP contribution is 2.29. The number of anilines is 1. The van der Waals surface area contributed by atoms with E-state index in [9.17, 15) is 4.79 Å². The minimum atomic E-state index is -0.222. The Hall–Kier alpha value is -3.62. The number of pyridine rings is 2. The second-order valence-corrected chi connectivity index (χ2v) is 7.81. The number of methoxy groups -OCH3 is 1. The lowest BCUT2D eigenvalue weighted by Crippen LogP contribution is -2.14. The number of fused-ring (bicyclic) bond motifs is 2. The molecule has 35 heavy (non-hydrogen) atoms. The van der Waals surface area contributed by atoms with E-state index in [-0.39, 0.29) is 30.7 Å². The third kappa shape index (κ3) is 4.80. The molecular formula is C25H26Cl2N6O2. The van der Waals surface area contributed by atoms with Crippen molar-refractivity contribution in [3.05, 3.63) is 83.6 Å². The number of ether oxygens (including phenoxy) is 1. The minimum Gasteiger partial charge on any atom is -0.481 e. The van der Waals surface area contributed by atoms with Crippen molar-refractivity contribution in [1.82, 2.24) is 24.1 Å². The normalized spacial score (nSPS) is 10.6. The first-order chi connectivity index (χ1) is 16.1. The van der Waals surface area contributed by atoms with Crippen molar-refractivity contribution in [3.8, 4) is 5.88 Å². The summed E-state index contributed by atoms with van der Waals surface area (Å²) >= 11 is 0. The third-order valence-corrected chi connectivity index (χ3v) is 5.68. The van der Waals surface area contributed by atoms with Crippen molar-refractivity contribution in [2.45, 2.75) is 26.8 Å². The van der Waals surface area contributed by atoms with Crippen LogP contribution in [0.15, 0.2) is 60.9 Å². The molecule has 10 heteroatoms. The van der Waals surface area contributed by atoms with E-state index in [1.165, 1.54) is 0 Å². The van der Waals surface area contributed by atoms with Crippen LogP contribution in [0.2, 0.25) is 0 Å². The summed E-state index contributed by atoms with van der Waals surface area (Å²) in [7, 11) is 1.62. The third-order valence-electron chi connectivity index (χ3n) is 5.68. The van der Waals surface area contributed by atoms with Gasteiger partial charge in [-0.25, -0.2) is 9.97 Å². The minimum absolute atomic E-state index is 0. The molecule has 4 aromatic heterocycles. The number of imidazole rings is 1. The number of hydrogen-bond acceptors (Lipinski definition) is 5. The molecule has 5 aromatic rings.